The van der Waals surface area contributed by atoms with E-state index in [0.29, 0.717) is 6.54 Å². The molecule has 0 radical (unpaired) electrons. The molecule has 0 aromatic heterocycles. The molecule has 0 aliphatic rings. The molecule has 0 aliphatic carbocycles. The number of carbonyl (C=O) groups excluding carboxylic acids is 1. The minimum atomic E-state index is -2.95. The SMILES string of the molecule is C=C(C)CNC(=O)c1ccccc1OC(F)F. The van der Waals surface area contributed by atoms with Crippen LogP contribution in [0.2, 0.25) is 0 Å². The Morgan fingerprint density at radius 2 is 2.12 bits per heavy atom. The van der Waals surface area contributed by atoms with Gasteiger partial charge in [0.05, 0.1) is 5.56 Å². The summed E-state index contributed by atoms with van der Waals surface area (Å²) in [6.07, 6.45) is 0. The standard InChI is InChI=1S/C12H13F2NO2/c1-8(2)7-15-11(16)9-5-3-4-6-10(9)17-12(13)14/h3-6,12H,1,7H2,2H3,(H,15,16). The highest BCUT2D eigenvalue weighted by Gasteiger charge is 2.14. The van der Waals surface area contributed by atoms with Crippen LogP contribution >= 0.6 is 0 Å². The van der Waals surface area contributed by atoms with Crippen molar-refractivity contribution in [1.82, 2.24) is 5.32 Å². The molecule has 5 heteroatoms. The molecule has 1 amide bonds. The molecule has 0 saturated carbocycles. The molecule has 0 atom stereocenters. The average molecular weight is 241 g/mol. The number of para-hydroxylation sites is 1. The quantitative estimate of drug-likeness (QED) is 0.805. The Kier molecular flexibility index (Phi) is 4.63. The number of benzene rings is 1. The van der Waals surface area contributed by atoms with Gasteiger partial charge in [-0.1, -0.05) is 24.3 Å². The fraction of sp³-hybridized carbons (Fsp3) is 0.250. The molecule has 92 valence electrons. The minimum Gasteiger partial charge on any atom is -0.434 e. The number of hydrogen-bond acceptors (Lipinski definition) is 2. The van der Waals surface area contributed by atoms with Crippen molar-refractivity contribution in [2.75, 3.05) is 6.54 Å². The van der Waals surface area contributed by atoms with Crippen LogP contribution < -0.4 is 10.1 Å². The van der Waals surface area contributed by atoms with E-state index >= 15 is 0 Å². The predicted molar refractivity (Wildman–Crippen MR) is 60.2 cm³/mol. The normalized spacial score (nSPS) is 10.1. The van der Waals surface area contributed by atoms with Crippen LogP contribution in [0.15, 0.2) is 36.4 Å². The van der Waals surface area contributed by atoms with E-state index in [4.69, 9.17) is 0 Å². The highest BCUT2D eigenvalue weighted by molar-refractivity contribution is 5.97. The van der Waals surface area contributed by atoms with Gasteiger partial charge < -0.3 is 10.1 Å². The van der Waals surface area contributed by atoms with Gasteiger partial charge in [-0.05, 0) is 19.1 Å². The van der Waals surface area contributed by atoms with Gasteiger partial charge in [-0.2, -0.15) is 8.78 Å². The van der Waals surface area contributed by atoms with Crippen LogP contribution in [0.5, 0.6) is 5.75 Å². The lowest BCUT2D eigenvalue weighted by molar-refractivity contribution is -0.0501. The second-order valence-corrected chi connectivity index (χ2v) is 3.51. The molecule has 0 fully saturated rings. The Morgan fingerprint density at radius 3 is 2.71 bits per heavy atom. The zero-order valence-electron chi connectivity index (χ0n) is 9.37. The van der Waals surface area contributed by atoms with E-state index in [1.165, 1.54) is 18.2 Å². The highest BCUT2D eigenvalue weighted by Crippen LogP contribution is 2.19. The number of nitrogens with one attached hydrogen (secondary N) is 1. The largest absolute Gasteiger partial charge is 0.434 e. The van der Waals surface area contributed by atoms with Crippen LogP contribution in [0.3, 0.4) is 0 Å². The molecule has 1 aromatic carbocycles. The second kappa shape index (κ2) is 5.98. The van der Waals surface area contributed by atoms with Gasteiger partial charge in [-0.15, -0.1) is 0 Å². The van der Waals surface area contributed by atoms with Gasteiger partial charge in [-0.25, -0.2) is 0 Å². The van der Waals surface area contributed by atoms with Gasteiger partial charge in [0.25, 0.3) is 5.91 Å². The van der Waals surface area contributed by atoms with Crippen LogP contribution in [-0.4, -0.2) is 19.1 Å². The zero-order valence-corrected chi connectivity index (χ0v) is 9.37. The summed E-state index contributed by atoms with van der Waals surface area (Å²) >= 11 is 0. The van der Waals surface area contributed by atoms with Crippen molar-refractivity contribution in [2.24, 2.45) is 0 Å². The number of alkyl halides is 2. The predicted octanol–water partition coefficient (Wildman–Crippen LogP) is 2.59. The first kappa shape index (κ1) is 13.2. The molecule has 3 nitrogen and oxygen atoms in total. The van der Waals surface area contributed by atoms with Gasteiger partial charge in [0.2, 0.25) is 0 Å². The molecule has 0 bridgehead atoms. The van der Waals surface area contributed by atoms with Crippen LogP contribution in [-0.2, 0) is 0 Å². The molecule has 0 unspecified atom stereocenters. The molecular formula is C12H13F2NO2. The number of ether oxygens (including phenoxy) is 1. The third-order valence-corrected chi connectivity index (χ3v) is 1.90. The Balaban J connectivity index is 2.81. The summed E-state index contributed by atoms with van der Waals surface area (Å²) in [4.78, 5) is 11.7. The van der Waals surface area contributed by atoms with Gasteiger partial charge in [0.15, 0.2) is 0 Å². The lowest BCUT2D eigenvalue weighted by atomic mass is 10.2. The van der Waals surface area contributed by atoms with Crippen LogP contribution in [0.4, 0.5) is 8.78 Å². The summed E-state index contributed by atoms with van der Waals surface area (Å²) in [5.41, 5.74) is 0.847. The Morgan fingerprint density at radius 1 is 1.47 bits per heavy atom. The smallest absolute Gasteiger partial charge is 0.387 e. The summed E-state index contributed by atoms with van der Waals surface area (Å²) < 4.78 is 28.5. The highest BCUT2D eigenvalue weighted by atomic mass is 19.3. The maximum absolute atomic E-state index is 12.1. The summed E-state index contributed by atoms with van der Waals surface area (Å²) in [5, 5.41) is 2.55. The molecule has 17 heavy (non-hydrogen) atoms. The van der Waals surface area contributed by atoms with E-state index in [1.807, 2.05) is 0 Å². The third kappa shape index (κ3) is 4.22. The topological polar surface area (TPSA) is 38.3 Å². The molecule has 1 N–H and O–H groups in total. The number of amides is 1. The zero-order chi connectivity index (χ0) is 12.8. The van der Waals surface area contributed by atoms with Crippen molar-refractivity contribution < 1.29 is 18.3 Å². The van der Waals surface area contributed by atoms with Crippen LogP contribution in [0, 0.1) is 0 Å². The second-order valence-electron chi connectivity index (χ2n) is 3.51. The third-order valence-electron chi connectivity index (χ3n) is 1.90. The Labute approximate surface area is 98.1 Å². The maximum atomic E-state index is 12.1. The lowest BCUT2D eigenvalue weighted by Crippen LogP contribution is -2.25. The van der Waals surface area contributed by atoms with Crippen molar-refractivity contribution >= 4 is 5.91 Å². The van der Waals surface area contributed by atoms with Crippen molar-refractivity contribution in [3.05, 3.63) is 42.0 Å². The summed E-state index contributed by atoms with van der Waals surface area (Å²) in [7, 11) is 0. The van der Waals surface area contributed by atoms with E-state index in [0.717, 1.165) is 5.57 Å². The van der Waals surface area contributed by atoms with Crippen LogP contribution in [0.1, 0.15) is 17.3 Å². The fourth-order valence-corrected chi connectivity index (χ4v) is 1.18. The van der Waals surface area contributed by atoms with Gasteiger partial charge in [-0.3, -0.25) is 4.79 Å². The fourth-order valence-electron chi connectivity index (χ4n) is 1.18. The number of carbonyl (C=O) groups is 1. The van der Waals surface area contributed by atoms with Crippen LogP contribution in [0.25, 0.3) is 0 Å². The van der Waals surface area contributed by atoms with Gasteiger partial charge in [0.1, 0.15) is 5.75 Å². The van der Waals surface area contributed by atoms with Crippen molar-refractivity contribution in [3.63, 3.8) is 0 Å². The number of hydrogen-bond donors (Lipinski definition) is 1. The molecule has 0 aliphatic heterocycles. The first-order valence-corrected chi connectivity index (χ1v) is 4.97. The van der Waals surface area contributed by atoms with E-state index in [-0.39, 0.29) is 11.3 Å². The van der Waals surface area contributed by atoms with Gasteiger partial charge in [0, 0.05) is 6.54 Å². The first-order valence-electron chi connectivity index (χ1n) is 4.97. The Bertz CT molecular complexity index is 419. The first-order chi connectivity index (χ1) is 8.00. The molecular weight excluding hydrogens is 228 g/mol. The summed E-state index contributed by atoms with van der Waals surface area (Å²) in [6, 6.07) is 5.84. The van der Waals surface area contributed by atoms with Crippen molar-refractivity contribution in [1.29, 1.82) is 0 Å². The average Bonchev–Trinajstić information content (AvgIpc) is 2.25. The van der Waals surface area contributed by atoms with E-state index in [2.05, 4.69) is 16.6 Å². The molecule has 1 aromatic rings. The monoisotopic (exact) mass is 241 g/mol. The lowest BCUT2D eigenvalue weighted by Gasteiger charge is -2.10. The maximum Gasteiger partial charge on any atom is 0.387 e. The molecule has 0 spiro atoms. The molecule has 1 rings (SSSR count). The van der Waals surface area contributed by atoms with Crippen molar-refractivity contribution in [3.8, 4) is 5.75 Å². The van der Waals surface area contributed by atoms with E-state index < -0.39 is 12.5 Å². The Hall–Kier alpha value is -1.91. The minimum absolute atomic E-state index is 0.0778. The number of rotatable bonds is 5. The molecule has 0 saturated heterocycles. The number of halogens is 2. The van der Waals surface area contributed by atoms with E-state index in [1.54, 1.807) is 13.0 Å². The summed E-state index contributed by atoms with van der Waals surface area (Å²) in [5.74, 6) is -0.606. The van der Waals surface area contributed by atoms with Crippen molar-refractivity contribution in [2.45, 2.75) is 13.5 Å². The summed E-state index contributed by atoms with van der Waals surface area (Å²) in [6.45, 7) is 2.72. The molecule has 0 heterocycles. The van der Waals surface area contributed by atoms with Gasteiger partial charge >= 0.3 is 6.61 Å². The van der Waals surface area contributed by atoms with E-state index in [9.17, 15) is 13.6 Å².